The van der Waals surface area contributed by atoms with Gasteiger partial charge < -0.3 is 4.74 Å². The second-order valence-electron chi connectivity index (χ2n) is 4.07. The Balaban J connectivity index is 2.47. The van der Waals surface area contributed by atoms with Crippen molar-refractivity contribution in [3.05, 3.63) is 28.2 Å². The summed E-state index contributed by atoms with van der Waals surface area (Å²) in [4.78, 5) is 11.7. The van der Waals surface area contributed by atoms with E-state index < -0.39 is 24.0 Å². The van der Waals surface area contributed by atoms with Gasteiger partial charge >= 0.3 is 6.18 Å². The van der Waals surface area contributed by atoms with Crippen molar-refractivity contribution in [2.45, 2.75) is 25.1 Å². The van der Waals surface area contributed by atoms with E-state index in [4.69, 9.17) is 4.74 Å². The van der Waals surface area contributed by atoms with Crippen LogP contribution in [-0.4, -0.2) is 17.6 Å². The molecule has 0 radical (unpaired) electrons. The van der Waals surface area contributed by atoms with Crippen LogP contribution in [0.1, 0.15) is 23.7 Å². The van der Waals surface area contributed by atoms with E-state index in [1.54, 1.807) is 0 Å². The molecule has 1 heterocycles. The van der Waals surface area contributed by atoms with Crippen LogP contribution >= 0.6 is 15.9 Å². The van der Waals surface area contributed by atoms with Gasteiger partial charge in [0.2, 0.25) is 5.60 Å². The smallest absolute Gasteiger partial charge is 0.428 e. The van der Waals surface area contributed by atoms with E-state index in [0.717, 1.165) is 6.92 Å². The van der Waals surface area contributed by atoms with Gasteiger partial charge in [0.1, 0.15) is 5.75 Å². The summed E-state index contributed by atoms with van der Waals surface area (Å²) in [6.07, 6.45) is -5.27. The van der Waals surface area contributed by atoms with E-state index in [1.165, 1.54) is 18.2 Å². The van der Waals surface area contributed by atoms with Crippen LogP contribution in [0.2, 0.25) is 0 Å². The molecule has 1 atom stereocenters. The van der Waals surface area contributed by atoms with Crippen LogP contribution in [0.15, 0.2) is 22.7 Å². The molecule has 17 heavy (non-hydrogen) atoms. The van der Waals surface area contributed by atoms with Crippen molar-refractivity contribution in [3.63, 3.8) is 0 Å². The van der Waals surface area contributed by atoms with Crippen LogP contribution < -0.4 is 4.74 Å². The highest BCUT2D eigenvalue weighted by atomic mass is 79.9. The van der Waals surface area contributed by atoms with E-state index in [-0.39, 0.29) is 11.3 Å². The number of fused-ring (bicyclic) bond motifs is 1. The van der Waals surface area contributed by atoms with Crippen molar-refractivity contribution in [2.75, 3.05) is 0 Å². The summed E-state index contributed by atoms with van der Waals surface area (Å²) in [7, 11) is 0. The zero-order valence-corrected chi connectivity index (χ0v) is 10.4. The molecule has 0 saturated heterocycles. The van der Waals surface area contributed by atoms with Gasteiger partial charge in [-0.05, 0) is 25.1 Å². The van der Waals surface area contributed by atoms with Crippen molar-refractivity contribution in [1.29, 1.82) is 0 Å². The molecule has 0 bridgehead atoms. The van der Waals surface area contributed by atoms with Gasteiger partial charge in [-0.25, -0.2) is 0 Å². The summed E-state index contributed by atoms with van der Waals surface area (Å²) < 4.78 is 43.9. The van der Waals surface area contributed by atoms with Crippen molar-refractivity contribution in [2.24, 2.45) is 0 Å². The molecule has 92 valence electrons. The predicted molar refractivity (Wildman–Crippen MR) is 58.2 cm³/mol. The van der Waals surface area contributed by atoms with Gasteiger partial charge in [-0.2, -0.15) is 13.2 Å². The molecule has 0 saturated carbocycles. The Hall–Kier alpha value is -1.04. The second-order valence-corrected chi connectivity index (χ2v) is 4.99. The van der Waals surface area contributed by atoms with Crippen LogP contribution in [0.5, 0.6) is 5.75 Å². The molecule has 0 amide bonds. The van der Waals surface area contributed by atoms with Crippen molar-refractivity contribution in [3.8, 4) is 5.75 Å². The number of rotatable bonds is 0. The molecule has 1 unspecified atom stereocenters. The number of halogens is 4. The number of ketones is 1. The normalized spacial score (nSPS) is 24.2. The average molecular weight is 309 g/mol. The van der Waals surface area contributed by atoms with E-state index >= 15 is 0 Å². The maximum Gasteiger partial charge on any atom is 0.428 e. The molecular formula is C11H8BrF3O2. The monoisotopic (exact) mass is 308 g/mol. The molecule has 2 nitrogen and oxygen atoms in total. The third-order valence-electron chi connectivity index (χ3n) is 2.67. The van der Waals surface area contributed by atoms with Crippen LogP contribution in [0.3, 0.4) is 0 Å². The predicted octanol–water partition coefficient (Wildman–Crippen LogP) is 3.74. The Morgan fingerprint density at radius 1 is 1.41 bits per heavy atom. The van der Waals surface area contributed by atoms with Crippen LogP contribution in [0.4, 0.5) is 13.2 Å². The van der Waals surface area contributed by atoms with Gasteiger partial charge in [0.15, 0.2) is 5.78 Å². The highest BCUT2D eigenvalue weighted by Gasteiger charge is 2.56. The lowest BCUT2D eigenvalue weighted by atomic mass is 9.91. The number of hydrogen-bond acceptors (Lipinski definition) is 2. The van der Waals surface area contributed by atoms with Gasteiger partial charge in [-0.3, -0.25) is 4.79 Å². The SMILES string of the molecule is CC1(C(F)(F)F)CC(=O)c2cc(Br)ccc2O1. The van der Waals surface area contributed by atoms with Gasteiger partial charge in [0, 0.05) is 4.47 Å². The molecule has 1 aromatic carbocycles. The summed E-state index contributed by atoms with van der Waals surface area (Å²) in [5.74, 6) is -0.586. The quantitative estimate of drug-likeness (QED) is 0.730. The molecule has 0 spiro atoms. The van der Waals surface area contributed by atoms with E-state index in [2.05, 4.69) is 15.9 Å². The zero-order valence-electron chi connectivity index (χ0n) is 8.77. The number of Topliss-reactive ketones (excluding diaryl/α,β-unsaturated/α-hetero) is 1. The van der Waals surface area contributed by atoms with Gasteiger partial charge in [0.05, 0.1) is 12.0 Å². The first kappa shape index (κ1) is 12.4. The summed E-state index contributed by atoms with van der Waals surface area (Å²) in [5.41, 5.74) is -2.26. The topological polar surface area (TPSA) is 26.3 Å². The first-order chi connectivity index (χ1) is 7.73. The van der Waals surface area contributed by atoms with E-state index in [1.807, 2.05) is 0 Å². The molecule has 0 aliphatic carbocycles. The lowest BCUT2D eigenvalue weighted by Gasteiger charge is -2.36. The minimum Gasteiger partial charge on any atom is -0.477 e. The summed E-state index contributed by atoms with van der Waals surface area (Å²) in [6, 6.07) is 4.36. The molecular weight excluding hydrogens is 301 g/mol. The van der Waals surface area contributed by atoms with Crippen molar-refractivity contribution in [1.82, 2.24) is 0 Å². The zero-order chi connectivity index (χ0) is 12.8. The Morgan fingerprint density at radius 3 is 2.65 bits per heavy atom. The van der Waals surface area contributed by atoms with Crippen molar-refractivity contribution >= 4 is 21.7 Å². The number of alkyl halides is 3. The fraction of sp³-hybridized carbons (Fsp3) is 0.364. The average Bonchev–Trinajstić information content (AvgIpc) is 2.17. The number of benzene rings is 1. The highest BCUT2D eigenvalue weighted by molar-refractivity contribution is 9.10. The molecule has 6 heteroatoms. The van der Waals surface area contributed by atoms with Gasteiger partial charge in [0.25, 0.3) is 0 Å². The summed E-state index contributed by atoms with van der Waals surface area (Å²) in [6.45, 7) is 0.885. The molecule has 1 aromatic rings. The van der Waals surface area contributed by atoms with Crippen LogP contribution in [0.25, 0.3) is 0 Å². The Labute approximate surface area is 104 Å². The van der Waals surface area contributed by atoms with E-state index in [9.17, 15) is 18.0 Å². The number of hydrogen-bond donors (Lipinski definition) is 0. The second kappa shape index (κ2) is 3.73. The number of carbonyl (C=O) groups excluding carboxylic acids is 1. The first-order valence-corrected chi connectivity index (χ1v) is 5.61. The van der Waals surface area contributed by atoms with Crippen LogP contribution in [-0.2, 0) is 0 Å². The Morgan fingerprint density at radius 2 is 2.06 bits per heavy atom. The van der Waals surface area contributed by atoms with E-state index in [0.29, 0.717) is 4.47 Å². The largest absolute Gasteiger partial charge is 0.477 e. The van der Waals surface area contributed by atoms with Gasteiger partial charge in [-0.15, -0.1) is 0 Å². The third kappa shape index (κ3) is 2.06. The molecule has 1 aliphatic heterocycles. The third-order valence-corrected chi connectivity index (χ3v) is 3.17. The van der Waals surface area contributed by atoms with Gasteiger partial charge in [-0.1, -0.05) is 15.9 Å². The lowest BCUT2D eigenvalue weighted by molar-refractivity contribution is -0.241. The Kier molecular flexibility index (Phi) is 2.72. The molecule has 0 N–H and O–H groups in total. The number of ether oxygens (including phenoxy) is 1. The highest BCUT2D eigenvalue weighted by Crippen LogP contribution is 2.43. The summed E-state index contributed by atoms with van der Waals surface area (Å²) in [5, 5.41) is 0. The number of carbonyl (C=O) groups is 1. The fourth-order valence-corrected chi connectivity index (χ4v) is 2.01. The lowest BCUT2D eigenvalue weighted by Crippen LogP contribution is -2.51. The molecule has 1 aliphatic rings. The standard InChI is InChI=1S/C11H8BrF3O2/c1-10(11(13,14)15)5-8(16)7-4-6(12)2-3-9(7)17-10/h2-4H,5H2,1H3. The van der Waals surface area contributed by atoms with Crippen LogP contribution in [0, 0.1) is 0 Å². The molecule has 0 fully saturated rings. The maximum absolute atomic E-state index is 12.8. The Bertz CT molecular complexity index is 484. The first-order valence-electron chi connectivity index (χ1n) is 4.81. The minimum atomic E-state index is -4.58. The minimum absolute atomic E-state index is 0.0238. The maximum atomic E-state index is 12.8. The summed E-state index contributed by atoms with van der Waals surface area (Å²) >= 11 is 3.16. The molecule has 0 aromatic heterocycles. The molecule has 2 rings (SSSR count). The fourth-order valence-electron chi connectivity index (χ4n) is 1.65. The van der Waals surface area contributed by atoms with Crippen molar-refractivity contribution < 1.29 is 22.7 Å².